The summed E-state index contributed by atoms with van der Waals surface area (Å²) in [6.45, 7) is 2.20. The molecule has 0 aliphatic heterocycles. The highest BCUT2D eigenvalue weighted by Gasteiger charge is 1.93. The van der Waals surface area contributed by atoms with E-state index in [2.05, 4.69) is 0 Å². The number of ether oxygens (including phenoxy) is 1. The SMILES string of the molecule is CC(=S)OCc1ccc(O)cc1. The Hall–Kier alpha value is -1.09. The largest absolute Gasteiger partial charge is 0.508 e. The van der Waals surface area contributed by atoms with Crippen LogP contribution in [0.4, 0.5) is 0 Å². The molecule has 1 aromatic rings. The third-order valence-corrected chi connectivity index (χ3v) is 1.50. The molecule has 12 heavy (non-hydrogen) atoms. The van der Waals surface area contributed by atoms with E-state index in [9.17, 15) is 0 Å². The summed E-state index contributed by atoms with van der Waals surface area (Å²) in [6, 6.07) is 6.84. The van der Waals surface area contributed by atoms with E-state index >= 15 is 0 Å². The quantitative estimate of drug-likeness (QED) is 0.711. The first kappa shape index (κ1) is 9.00. The van der Waals surface area contributed by atoms with E-state index in [4.69, 9.17) is 22.1 Å². The molecule has 0 spiro atoms. The lowest BCUT2D eigenvalue weighted by Crippen LogP contribution is -1.95. The maximum Gasteiger partial charge on any atom is 0.157 e. The second-order valence-corrected chi connectivity index (χ2v) is 3.02. The van der Waals surface area contributed by atoms with Crippen molar-refractivity contribution in [3.8, 4) is 5.75 Å². The molecule has 0 saturated carbocycles. The van der Waals surface area contributed by atoms with Crippen molar-refractivity contribution in [3.05, 3.63) is 29.8 Å². The van der Waals surface area contributed by atoms with Gasteiger partial charge < -0.3 is 9.84 Å². The van der Waals surface area contributed by atoms with Crippen molar-refractivity contribution in [3.63, 3.8) is 0 Å². The van der Waals surface area contributed by atoms with E-state index in [1.54, 1.807) is 31.2 Å². The molecule has 0 amide bonds. The van der Waals surface area contributed by atoms with Crippen LogP contribution in [0.15, 0.2) is 24.3 Å². The van der Waals surface area contributed by atoms with Gasteiger partial charge in [-0.25, -0.2) is 0 Å². The van der Waals surface area contributed by atoms with Crippen molar-refractivity contribution in [2.45, 2.75) is 13.5 Å². The maximum absolute atomic E-state index is 8.97. The zero-order valence-corrected chi connectivity index (χ0v) is 7.60. The third-order valence-electron chi connectivity index (χ3n) is 1.38. The van der Waals surface area contributed by atoms with Gasteiger partial charge in [0.15, 0.2) is 5.05 Å². The Morgan fingerprint density at radius 3 is 2.50 bits per heavy atom. The van der Waals surface area contributed by atoms with Crippen LogP contribution >= 0.6 is 12.2 Å². The van der Waals surface area contributed by atoms with E-state index in [0.29, 0.717) is 11.7 Å². The normalized spacial score (nSPS) is 9.42. The smallest absolute Gasteiger partial charge is 0.157 e. The zero-order chi connectivity index (χ0) is 8.97. The van der Waals surface area contributed by atoms with Crippen LogP contribution in [0.5, 0.6) is 5.75 Å². The maximum atomic E-state index is 8.97. The molecule has 0 atom stereocenters. The van der Waals surface area contributed by atoms with Crippen LogP contribution in [0.2, 0.25) is 0 Å². The molecule has 64 valence electrons. The summed E-state index contributed by atoms with van der Waals surface area (Å²) >= 11 is 4.75. The molecule has 0 unspecified atom stereocenters. The molecular formula is C9H10O2S. The van der Waals surface area contributed by atoms with Crippen LogP contribution < -0.4 is 0 Å². The molecule has 1 aromatic carbocycles. The summed E-state index contributed by atoms with van der Waals surface area (Å²) in [7, 11) is 0. The average Bonchev–Trinajstić information content (AvgIpc) is 2.03. The number of phenolic OH excluding ortho intramolecular Hbond substituents is 1. The van der Waals surface area contributed by atoms with E-state index in [1.807, 2.05) is 0 Å². The minimum absolute atomic E-state index is 0.262. The van der Waals surface area contributed by atoms with Crippen LogP contribution in [-0.2, 0) is 11.3 Å². The molecule has 0 radical (unpaired) electrons. The fraction of sp³-hybridized carbons (Fsp3) is 0.222. The predicted molar refractivity (Wildman–Crippen MR) is 51.2 cm³/mol. The van der Waals surface area contributed by atoms with Gasteiger partial charge in [0.2, 0.25) is 0 Å². The van der Waals surface area contributed by atoms with Gasteiger partial charge in [-0.05, 0) is 29.9 Å². The molecule has 1 N–H and O–H groups in total. The van der Waals surface area contributed by atoms with Gasteiger partial charge in [-0.15, -0.1) is 0 Å². The number of hydrogen-bond donors (Lipinski definition) is 1. The van der Waals surface area contributed by atoms with Gasteiger partial charge in [0.1, 0.15) is 12.4 Å². The molecule has 0 saturated heterocycles. The third kappa shape index (κ3) is 2.88. The van der Waals surface area contributed by atoms with Crippen molar-refractivity contribution < 1.29 is 9.84 Å². The summed E-state index contributed by atoms with van der Waals surface area (Å²) in [5.74, 6) is 0.262. The lowest BCUT2D eigenvalue weighted by Gasteiger charge is -2.02. The number of phenols is 1. The highest BCUT2D eigenvalue weighted by molar-refractivity contribution is 7.80. The molecule has 1 rings (SSSR count). The van der Waals surface area contributed by atoms with E-state index < -0.39 is 0 Å². The van der Waals surface area contributed by atoms with E-state index in [1.165, 1.54) is 0 Å². The molecule has 0 aromatic heterocycles. The van der Waals surface area contributed by atoms with Crippen LogP contribution in [-0.4, -0.2) is 10.2 Å². The molecule has 0 aliphatic rings. The van der Waals surface area contributed by atoms with Gasteiger partial charge in [0.25, 0.3) is 0 Å². The molecule has 3 heteroatoms. The molecule has 0 heterocycles. The van der Waals surface area contributed by atoms with Crippen molar-refractivity contribution in [2.24, 2.45) is 0 Å². The number of rotatable bonds is 2. The number of benzene rings is 1. The van der Waals surface area contributed by atoms with Crippen molar-refractivity contribution >= 4 is 17.3 Å². The van der Waals surface area contributed by atoms with Gasteiger partial charge in [-0.1, -0.05) is 12.1 Å². The number of thiocarbonyl (C=S) groups is 1. The Labute approximate surface area is 76.8 Å². The first-order valence-corrected chi connectivity index (χ1v) is 4.00. The molecular weight excluding hydrogens is 172 g/mol. The topological polar surface area (TPSA) is 29.5 Å². The summed E-state index contributed by atoms with van der Waals surface area (Å²) < 4.78 is 5.12. The van der Waals surface area contributed by atoms with Crippen LogP contribution in [0.1, 0.15) is 12.5 Å². The van der Waals surface area contributed by atoms with Gasteiger partial charge in [0.05, 0.1) is 0 Å². The number of hydrogen-bond acceptors (Lipinski definition) is 3. The van der Waals surface area contributed by atoms with Gasteiger partial charge in [-0.3, -0.25) is 0 Å². The van der Waals surface area contributed by atoms with Crippen molar-refractivity contribution in [1.82, 2.24) is 0 Å². The minimum Gasteiger partial charge on any atom is -0.508 e. The summed E-state index contributed by atoms with van der Waals surface area (Å²) in [5, 5.41) is 9.50. The Kier molecular flexibility index (Phi) is 3.05. The van der Waals surface area contributed by atoms with Crippen molar-refractivity contribution in [2.75, 3.05) is 0 Å². The highest BCUT2D eigenvalue weighted by Crippen LogP contribution is 2.10. The number of aromatic hydroxyl groups is 1. The molecule has 2 nitrogen and oxygen atoms in total. The van der Waals surface area contributed by atoms with Gasteiger partial charge in [-0.2, -0.15) is 0 Å². The fourth-order valence-electron chi connectivity index (χ4n) is 0.777. The van der Waals surface area contributed by atoms with E-state index in [-0.39, 0.29) is 5.75 Å². The highest BCUT2D eigenvalue weighted by atomic mass is 32.1. The fourth-order valence-corrected chi connectivity index (χ4v) is 0.836. The molecule has 0 aliphatic carbocycles. The summed E-state index contributed by atoms with van der Waals surface area (Å²) in [6.07, 6.45) is 0. The average molecular weight is 182 g/mol. The van der Waals surface area contributed by atoms with Gasteiger partial charge in [0, 0.05) is 6.92 Å². The molecule has 0 fully saturated rings. The lowest BCUT2D eigenvalue weighted by atomic mass is 10.2. The monoisotopic (exact) mass is 182 g/mol. The standard InChI is InChI=1S/C9H10O2S/c1-7(12)11-6-8-2-4-9(10)5-3-8/h2-5,10H,6H2,1H3. The second kappa shape index (κ2) is 4.07. The van der Waals surface area contributed by atoms with Crippen LogP contribution in [0, 0.1) is 0 Å². The Morgan fingerprint density at radius 1 is 1.42 bits per heavy atom. The predicted octanol–water partition coefficient (Wildman–Crippen LogP) is 2.26. The van der Waals surface area contributed by atoms with Crippen molar-refractivity contribution in [1.29, 1.82) is 0 Å². The van der Waals surface area contributed by atoms with Crippen LogP contribution in [0.3, 0.4) is 0 Å². The molecule has 0 bridgehead atoms. The Bertz CT molecular complexity index is 266. The summed E-state index contributed by atoms with van der Waals surface area (Å²) in [4.78, 5) is 0. The Morgan fingerprint density at radius 2 is 2.00 bits per heavy atom. The van der Waals surface area contributed by atoms with Gasteiger partial charge >= 0.3 is 0 Å². The lowest BCUT2D eigenvalue weighted by molar-refractivity contribution is 0.298. The Balaban J connectivity index is 2.53. The minimum atomic E-state index is 0.262. The first-order chi connectivity index (χ1) is 5.68. The summed E-state index contributed by atoms with van der Waals surface area (Å²) in [5.41, 5.74) is 0.997. The van der Waals surface area contributed by atoms with E-state index in [0.717, 1.165) is 5.56 Å². The zero-order valence-electron chi connectivity index (χ0n) is 6.78. The second-order valence-electron chi connectivity index (χ2n) is 2.45. The van der Waals surface area contributed by atoms with Crippen LogP contribution in [0.25, 0.3) is 0 Å². The first-order valence-electron chi connectivity index (χ1n) is 3.60.